The maximum absolute atomic E-state index is 12.2. The Bertz CT molecular complexity index is 869. The van der Waals surface area contributed by atoms with Gasteiger partial charge in [-0.05, 0) is 36.2 Å². The van der Waals surface area contributed by atoms with Crippen molar-refractivity contribution in [3.05, 3.63) is 71.7 Å². The lowest BCUT2D eigenvalue weighted by molar-refractivity contribution is 0.0600. The molecule has 2 aromatic heterocycles. The Morgan fingerprint density at radius 1 is 1.12 bits per heavy atom. The quantitative estimate of drug-likeness (QED) is 0.730. The first-order valence-electron chi connectivity index (χ1n) is 7.55. The molecule has 6 heteroatoms. The third kappa shape index (κ3) is 3.43. The van der Waals surface area contributed by atoms with Crippen molar-refractivity contribution < 1.29 is 14.3 Å². The highest BCUT2D eigenvalue weighted by Crippen LogP contribution is 2.07. The lowest BCUT2D eigenvalue weighted by Crippen LogP contribution is -2.25. The van der Waals surface area contributed by atoms with Gasteiger partial charge in [0.2, 0.25) is 0 Å². The van der Waals surface area contributed by atoms with Gasteiger partial charge in [0.1, 0.15) is 5.65 Å². The molecule has 3 aromatic rings. The molecule has 3 rings (SSSR count). The molecule has 0 aliphatic carbocycles. The molecular formula is C18H17N3O3. The molecule has 24 heavy (non-hydrogen) atoms. The van der Waals surface area contributed by atoms with Crippen molar-refractivity contribution in [1.29, 1.82) is 0 Å². The predicted molar refractivity (Wildman–Crippen MR) is 89.0 cm³/mol. The minimum atomic E-state index is -0.357. The normalized spacial score (nSPS) is 10.5. The molecule has 0 atom stereocenters. The van der Waals surface area contributed by atoms with Crippen LogP contribution in [0.5, 0.6) is 0 Å². The second kappa shape index (κ2) is 6.95. The SMILES string of the molecule is COC(=O)c1ccc(CCNC(=O)c2ccc3nccn3c2)cc1. The summed E-state index contributed by atoms with van der Waals surface area (Å²) in [6.45, 7) is 0.512. The first-order chi connectivity index (χ1) is 11.7. The maximum atomic E-state index is 12.2. The summed E-state index contributed by atoms with van der Waals surface area (Å²) >= 11 is 0. The van der Waals surface area contributed by atoms with Crippen LogP contribution in [0.3, 0.4) is 0 Å². The van der Waals surface area contributed by atoms with Crippen molar-refractivity contribution in [2.24, 2.45) is 0 Å². The molecule has 6 nitrogen and oxygen atoms in total. The number of ether oxygens (including phenoxy) is 1. The Morgan fingerprint density at radius 2 is 1.88 bits per heavy atom. The van der Waals surface area contributed by atoms with Gasteiger partial charge in [-0.1, -0.05) is 12.1 Å². The monoisotopic (exact) mass is 323 g/mol. The van der Waals surface area contributed by atoms with Crippen LogP contribution in [0.4, 0.5) is 0 Å². The second-order valence-corrected chi connectivity index (χ2v) is 5.30. The molecule has 1 N–H and O–H groups in total. The fraction of sp³-hybridized carbons (Fsp3) is 0.167. The number of nitrogens with zero attached hydrogens (tertiary/aromatic N) is 2. The molecule has 0 unspecified atom stereocenters. The number of carbonyl (C=O) groups is 2. The summed E-state index contributed by atoms with van der Waals surface area (Å²) < 4.78 is 6.47. The summed E-state index contributed by atoms with van der Waals surface area (Å²) in [7, 11) is 1.35. The lowest BCUT2D eigenvalue weighted by Gasteiger charge is -2.06. The fourth-order valence-electron chi connectivity index (χ4n) is 2.40. The second-order valence-electron chi connectivity index (χ2n) is 5.30. The molecular weight excluding hydrogens is 306 g/mol. The number of aromatic nitrogens is 2. The van der Waals surface area contributed by atoms with Crippen molar-refractivity contribution in [3.63, 3.8) is 0 Å². The van der Waals surface area contributed by atoms with Crippen LogP contribution in [0.15, 0.2) is 55.0 Å². The van der Waals surface area contributed by atoms with Crippen LogP contribution >= 0.6 is 0 Å². The zero-order valence-electron chi connectivity index (χ0n) is 13.2. The van der Waals surface area contributed by atoms with Crippen molar-refractivity contribution in [1.82, 2.24) is 14.7 Å². The molecule has 0 saturated carbocycles. The van der Waals surface area contributed by atoms with Crippen LogP contribution in [-0.2, 0) is 11.2 Å². The molecule has 0 bridgehead atoms. The molecule has 0 aliphatic rings. The smallest absolute Gasteiger partial charge is 0.337 e. The van der Waals surface area contributed by atoms with Gasteiger partial charge in [0.15, 0.2) is 0 Å². The van der Waals surface area contributed by atoms with Crippen LogP contribution < -0.4 is 5.32 Å². The predicted octanol–water partition coefficient (Wildman–Crippen LogP) is 2.09. The van der Waals surface area contributed by atoms with E-state index in [0.29, 0.717) is 24.1 Å². The number of fused-ring (bicyclic) bond motifs is 1. The Labute approximate surface area is 139 Å². The summed E-state index contributed by atoms with van der Waals surface area (Å²) in [5.41, 5.74) is 2.94. The Morgan fingerprint density at radius 3 is 2.62 bits per heavy atom. The van der Waals surface area contributed by atoms with Gasteiger partial charge in [-0.3, -0.25) is 4.79 Å². The van der Waals surface area contributed by atoms with E-state index in [9.17, 15) is 9.59 Å². The number of pyridine rings is 1. The first kappa shape index (κ1) is 15.7. The number of amides is 1. The van der Waals surface area contributed by atoms with Crippen molar-refractivity contribution >= 4 is 17.5 Å². The Kier molecular flexibility index (Phi) is 4.56. The third-order valence-corrected chi connectivity index (χ3v) is 3.73. The zero-order valence-corrected chi connectivity index (χ0v) is 13.2. The maximum Gasteiger partial charge on any atom is 0.337 e. The molecule has 0 fully saturated rings. The van der Waals surface area contributed by atoms with E-state index < -0.39 is 0 Å². The Balaban J connectivity index is 1.55. The van der Waals surface area contributed by atoms with Gasteiger partial charge in [-0.2, -0.15) is 0 Å². The first-order valence-corrected chi connectivity index (χ1v) is 7.55. The van der Waals surface area contributed by atoms with Gasteiger partial charge in [-0.15, -0.1) is 0 Å². The summed E-state index contributed by atoms with van der Waals surface area (Å²) in [4.78, 5) is 27.7. The van der Waals surface area contributed by atoms with Crippen molar-refractivity contribution in [2.75, 3.05) is 13.7 Å². The van der Waals surface area contributed by atoms with E-state index in [4.69, 9.17) is 0 Å². The number of imidazole rings is 1. The van der Waals surface area contributed by atoms with Crippen LogP contribution in [0.25, 0.3) is 5.65 Å². The summed E-state index contributed by atoms with van der Waals surface area (Å²) in [6.07, 6.45) is 5.92. The Hall–Kier alpha value is -3.15. The number of benzene rings is 1. The van der Waals surface area contributed by atoms with E-state index in [1.54, 1.807) is 47.3 Å². The van der Waals surface area contributed by atoms with E-state index in [1.165, 1.54) is 7.11 Å². The summed E-state index contributed by atoms with van der Waals surface area (Å²) in [6, 6.07) is 10.7. The van der Waals surface area contributed by atoms with Gasteiger partial charge >= 0.3 is 5.97 Å². The summed E-state index contributed by atoms with van der Waals surface area (Å²) in [5, 5.41) is 2.89. The van der Waals surface area contributed by atoms with Gasteiger partial charge in [0.25, 0.3) is 5.91 Å². The zero-order chi connectivity index (χ0) is 16.9. The number of rotatable bonds is 5. The standard InChI is InChI=1S/C18H17N3O3/c1-24-18(23)14-4-2-13(3-5-14)8-9-20-17(22)15-6-7-16-19-10-11-21(16)12-15/h2-7,10-12H,8-9H2,1H3,(H,20,22). The minimum absolute atomic E-state index is 0.128. The topological polar surface area (TPSA) is 72.7 Å². The number of carbonyl (C=O) groups excluding carboxylic acids is 2. The average Bonchev–Trinajstić information content (AvgIpc) is 3.09. The van der Waals surface area contributed by atoms with E-state index >= 15 is 0 Å². The van der Waals surface area contributed by atoms with Crippen molar-refractivity contribution in [3.8, 4) is 0 Å². The van der Waals surface area contributed by atoms with Gasteiger partial charge in [-0.25, -0.2) is 9.78 Å². The average molecular weight is 323 g/mol. The molecule has 2 heterocycles. The van der Waals surface area contributed by atoms with Gasteiger partial charge < -0.3 is 14.5 Å². The van der Waals surface area contributed by atoms with E-state index in [1.807, 2.05) is 12.1 Å². The molecule has 1 aromatic carbocycles. The number of esters is 1. The highest BCUT2D eigenvalue weighted by Gasteiger charge is 2.07. The van der Waals surface area contributed by atoms with Gasteiger partial charge in [0, 0.05) is 25.1 Å². The number of nitrogens with one attached hydrogen (secondary N) is 1. The fourth-order valence-corrected chi connectivity index (χ4v) is 2.40. The number of methoxy groups -OCH3 is 1. The lowest BCUT2D eigenvalue weighted by atomic mass is 10.1. The largest absolute Gasteiger partial charge is 0.465 e. The minimum Gasteiger partial charge on any atom is -0.465 e. The van der Waals surface area contributed by atoms with E-state index in [0.717, 1.165) is 11.2 Å². The van der Waals surface area contributed by atoms with Crippen LogP contribution in [0.1, 0.15) is 26.3 Å². The highest BCUT2D eigenvalue weighted by atomic mass is 16.5. The number of hydrogen-bond acceptors (Lipinski definition) is 4. The van der Waals surface area contributed by atoms with Crippen molar-refractivity contribution in [2.45, 2.75) is 6.42 Å². The highest BCUT2D eigenvalue weighted by molar-refractivity contribution is 5.94. The molecule has 1 amide bonds. The van der Waals surface area contributed by atoms with Crippen LogP contribution in [0.2, 0.25) is 0 Å². The van der Waals surface area contributed by atoms with Gasteiger partial charge in [0.05, 0.1) is 18.2 Å². The van der Waals surface area contributed by atoms with Crippen LogP contribution in [-0.4, -0.2) is 34.9 Å². The third-order valence-electron chi connectivity index (χ3n) is 3.73. The molecule has 0 aliphatic heterocycles. The molecule has 0 saturated heterocycles. The van der Waals surface area contributed by atoms with E-state index in [-0.39, 0.29) is 11.9 Å². The van der Waals surface area contributed by atoms with Crippen LogP contribution in [0, 0.1) is 0 Å². The number of hydrogen-bond donors (Lipinski definition) is 1. The summed E-state index contributed by atoms with van der Waals surface area (Å²) in [5.74, 6) is -0.485. The molecule has 0 spiro atoms. The van der Waals surface area contributed by atoms with E-state index in [2.05, 4.69) is 15.0 Å². The molecule has 0 radical (unpaired) electrons. The molecule has 122 valence electrons.